The molecule has 4 rings (SSSR count). The van der Waals surface area contributed by atoms with E-state index in [1.54, 1.807) is 22.6 Å². The number of allylic oxidation sites excluding steroid dienone is 9. The van der Waals surface area contributed by atoms with E-state index in [9.17, 15) is 33.2 Å². The number of pyridine rings is 1. The maximum absolute atomic E-state index is 11.6. The van der Waals surface area contributed by atoms with E-state index in [4.69, 9.17) is 9.98 Å². The zero-order chi connectivity index (χ0) is 32.4. The van der Waals surface area contributed by atoms with Crippen molar-refractivity contribution < 1.29 is 27.4 Å². The summed E-state index contributed by atoms with van der Waals surface area (Å²) in [7, 11) is -2.59. The molecule has 3 aliphatic rings. The number of amidine groups is 1. The van der Waals surface area contributed by atoms with E-state index in [0.717, 1.165) is 11.3 Å². The first-order chi connectivity index (χ1) is 20.5. The van der Waals surface area contributed by atoms with E-state index in [0.29, 0.717) is 29.3 Å². The Hall–Kier alpha value is -4.56. The molecule has 4 heterocycles. The molecule has 0 spiro atoms. The summed E-state index contributed by atoms with van der Waals surface area (Å²) < 4.78 is 34.5. The van der Waals surface area contributed by atoms with Gasteiger partial charge in [-0.3, -0.25) is 20.2 Å². The summed E-state index contributed by atoms with van der Waals surface area (Å²) in [5.74, 6) is 0.750. The van der Waals surface area contributed by atoms with Crippen LogP contribution in [0.1, 0.15) is 46.1 Å². The van der Waals surface area contributed by atoms with Crippen molar-refractivity contribution in [1.29, 1.82) is 0 Å². The number of hydrogen-bond donors (Lipinski definition) is 0. The quantitative estimate of drug-likeness (QED) is 0.0868. The van der Waals surface area contributed by atoms with E-state index >= 15 is 0 Å². The summed E-state index contributed by atoms with van der Waals surface area (Å²) in [6.45, 7) is 8.08. The van der Waals surface area contributed by atoms with Crippen LogP contribution in [0.5, 0.6) is 0 Å². The second-order valence-corrected chi connectivity index (χ2v) is 13.2. The van der Waals surface area contributed by atoms with Gasteiger partial charge in [0.2, 0.25) is 0 Å². The van der Waals surface area contributed by atoms with Gasteiger partial charge in [0.1, 0.15) is 5.84 Å². The van der Waals surface area contributed by atoms with Crippen molar-refractivity contribution in [2.24, 2.45) is 22.4 Å². The predicted molar refractivity (Wildman–Crippen MR) is 165 cm³/mol. The van der Waals surface area contributed by atoms with Crippen LogP contribution in [0.15, 0.2) is 94.0 Å². The van der Waals surface area contributed by atoms with E-state index < -0.39 is 36.5 Å². The number of unbranched alkanes of at least 4 members (excludes halogenated alkanes) is 1. The van der Waals surface area contributed by atoms with E-state index in [-0.39, 0.29) is 24.4 Å². The average Bonchev–Trinajstić information content (AvgIpc) is 3.34. The largest absolute Gasteiger partial charge is 0.748 e. The van der Waals surface area contributed by atoms with Crippen LogP contribution in [0, 0.1) is 25.6 Å². The molecular formula is C30H34N6O7S. The van der Waals surface area contributed by atoms with Crippen LogP contribution in [0.2, 0.25) is 0 Å². The SMILES string of the molecule is C[n+]1cc([N+](=O)[O-])cc2c1N=C(/C=C/C=C/C=C/C=C1\N=C3C(=CC([N+](=O)[O-])=CN3CCCCS(=O)(=O)[O-])C1(C)C)C2(C)C. The molecule has 0 N–H and O–H groups in total. The minimum atomic E-state index is -4.33. The third kappa shape index (κ3) is 6.81. The molecule has 13 nitrogen and oxygen atoms in total. The lowest BCUT2D eigenvalue weighted by molar-refractivity contribution is -0.661. The minimum absolute atomic E-state index is 0.0145. The van der Waals surface area contributed by atoms with Gasteiger partial charge >= 0.3 is 11.5 Å². The van der Waals surface area contributed by atoms with Crippen molar-refractivity contribution in [2.75, 3.05) is 12.3 Å². The second kappa shape index (κ2) is 12.2. The summed E-state index contributed by atoms with van der Waals surface area (Å²) in [5, 5.41) is 22.9. The number of fused-ring (bicyclic) bond motifs is 2. The van der Waals surface area contributed by atoms with Crippen LogP contribution < -0.4 is 4.57 Å². The van der Waals surface area contributed by atoms with Crippen molar-refractivity contribution in [3.63, 3.8) is 0 Å². The highest BCUT2D eigenvalue weighted by Crippen LogP contribution is 2.45. The topological polar surface area (TPSA) is 175 Å². The van der Waals surface area contributed by atoms with Crippen molar-refractivity contribution >= 4 is 33.2 Å². The molecule has 0 aliphatic carbocycles. The fourth-order valence-corrected chi connectivity index (χ4v) is 5.76. The van der Waals surface area contributed by atoms with Gasteiger partial charge in [-0.1, -0.05) is 44.2 Å². The Morgan fingerprint density at radius 3 is 2.32 bits per heavy atom. The van der Waals surface area contributed by atoms with Gasteiger partial charge in [-0.05, 0) is 43.8 Å². The maximum Gasteiger partial charge on any atom is 0.327 e. The fourth-order valence-electron chi connectivity index (χ4n) is 5.20. The van der Waals surface area contributed by atoms with Gasteiger partial charge in [0.05, 0.1) is 49.9 Å². The number of aryl methyl sites for hydroxylation is 1. The molecule has 0 atom stereocenters. The van der Waals surface area contributed by atoms with Gasteiger partial charge < -0.3 is 9.45 Å². The standard InChI is InChI=1S/C30H34N6O7S/c1-29(2)23-17-21(35(37)38)19-33(5)27(23)31-25(29)13-9-7-6-8-10-14-26-30(3,4)24-18-22(36(39)40)20-34(28(24)32-26)15-11-12-16-44(41,42)43/h6-10,13-14,17-20H,11-12,15-16H2,1-5H3. The Morgan fingerprint density at radius 1 is 0.977 bits per heavy atom. The van der Waals surface area contributed by atoms with Crippen LogP contribution in [-0.4, -0.2) is 51.6 Å². The highest BCUT2D eigenvalue weighted by atomic mass is 32.2. The molecular weight excluding hydrogens is 588 g/mol. The van der Waals surface area contributed by atoms with Gasteiger partial charge in [-0.2, -0.15) is 0 Å². The first kappa shape index (κ1) is 32.4. The summed E-state index contributed by atoms with van der Waals surface area (Å²) in [6.07, 6.45) is 17.7. The lowest BCUT2D eigenvalue weighted by atomic mass is 9.81. The number of hydrogen-bond acceptors (Lipinski definition) is 10. The molecule has 1 aromatic heterocycles. The normalized spacial score (nSPS) is 19.8. The summed E-state index contributed by atoms with van der Waals surface area (Å²) in [4.78, 5) is 33.1. The van der Waals surface area contributed by atoms with Gasteiger partial charge in [-0.25, -0.2) is 18.0 Å². The first-order valence-electron chi connectivity index (χ1n) is 13.9. The monoisotopic (exact) mass is 622 g/mol. The Balaban J connectivity index is 1.46. The predicted octanol–water partition coefficient (Wildman–Crippen LogP) is 4.46. The lowest BCUT2D eigenvalue weighted by Crippen LogP contribution is -2.33. The Labute approximate surface area is 255 Å². The van der Waals surface area contributed by atoms with Crippen molar-refractivity contribution in [2.45, 2.75) is 46.0 Å². The number of rotatable bonds is 11. The van der Waals surface area contributed by atoms with Crippen LogP contribution in [0.3, 0.4) is 0 Å². The fraction of sp³-hybridized carbons (Fsp3) is 0.367. The third-order valence-electron chi connectivity index (χ3n) is 7.78. The molecule has 0 amide bonds. The van der Waals surface area contributed by atoms with E-state index in [1.807, 2.05) is 70.2 Å². The Morgan fingerprint density at radius 2 is 1.66 bits per heavy atom. The molecule has 1 aromatic rings. The first-order valence-corrected chi connectivity index (χ1v) is 15.5. The molecule has 0 unspecified atom stereocenters. The molecule has 0 saturated heterocycles. The highest BCUT2D eigenvalue weighted by molar-refractivity contribution is 7.85. The molecule has 0 radical (unpaired) electrons. The third-order valence-corrected chi connectivity index (χ3v) is 8.57. The Bertz CT molecular complexity index is 1760. The summed E-state index contributed by atoms with van der Waals surface area (Å²) in [6, 6.07) is 1.57. The molecule has 232 valence electrons. The highest BCUT2D eigenvalue weighted by Gasteiger charge is 2.44. The zero-order valence-electron chi connectivity index (χ0n) is 25.1. The lowest BCUT2D eigenvalue weighted by Gasteiger charge is -2.28. The van der Waals surface area contributed by atoms with Crippen molar-refractivity contribution in [3.8, 4) is 0 Å². The Kier molecular flexibility index (Phi) is 8.98. The molecule has 0 saturated carbocycles. The number of aromatic nitrogens is 1. The molecule has 0 bridgehead atoms. The number of nitro groups is 2. The van der Waals surface area contributed by atoms with E-state index in [2.05, 4.69) is 0 Å². The van der Waals surface area contributed by atoms with Crippen LogP contribution >= 0.6 is 0 Å². The summed E-state index contributed by atoms with van der Waals surface area (Å²) in [5.41, 5.74) is 1.74. The van der Waals surface area contributed by atoms with Gasteiger partial charge in [0.25, 0.3) is 5.70 Å². The molecule has 0 fully saturated rings. The van der Waals surface area contributed by atoms with Crippen molar-refractivity contribution in [3.05, 3.63) is 110 Å². The molecule has 3 aliphatic heterocycles. The number of nitrogens with zero attached hydrogens (tertiary/aromatic N) is 6. The molecule has 0 aromatic carbocycles. The van der Waals surface area contributed by atoms with Gasteiger partial charge in [0, 0.05) is 35.4 Å². The van der Waals surface area contributed by atoms with Crippen LogP contribution in [0.25, 0.3) is 0 Å². The minimum Gasteiger partial charge on any atom is -0.748 e. The van der Waals surface area contributed by atoms with Crippen LogP contribution in [0.4, 0.5) is 11.5 Å². The smallest absolute Gasteiger partial charge is 0.327 e. The van der Waals surface area contributed by atoms with Crippen molar-refractivity contribution in [1.82, 2.24) is 4.90 Å². The second-order valence-electron chi connectivity index (χ2n) is 11.7. The van der Waals surface area contributed by atoms with Gasteiger partial charge in [0.15, 0.2) is 11.9 Å². The van der Waals surface area contributed by atoms with Gasteiger partial charge in [-0.15, -0.1) is 0 Å². The maximum atomic E-state index is 11.6. The van der Waals surface area contributed by atoms with E-state index in [1.165, 1.54) is 18.5 Å². The number of aliphatic imine (C=N–C) groups is 2. The average molecular weight is 623 g/mol. The van der Waals surface area contributed by atoms with Crippen LogP contribution in [-0.2, 0) is 22.6 Å². The zero-order valence-corrected chi connectivity index (χ0v) is 25.9. The molecule has 14 heteroatoms. The summed E-state index contributed by atoms with van der Waals surface area (Å²) >= 11 is 0. The molecule has 44 heavy (non-hydrogen) atoms.